The number of nitrogens with one attached hydrogen (secondary N) is 3. The van der Waals surface area contributed by atoms with E-state index in [1.54, 1.807) is 6.07 Å². The minimum Gasteiger partial charge on any atom is -0.508 e. The number of nitriles is 1. The van der Waals surface area contributed by atoms with Gasteiger partial charge in [0.1, 0.15) is 5.75 Å². The number of amides is 1. The molecule has 12 heteroatoms. The van der Waals surface area contributed by atoms with Gasteiger partial charge in [0.15, 0.2) is 0 Å². The summed E-state index contributed by atoms with van der Waals surface area (Å²) in [5.41, 5.74) is 19.6. The van der Waals surface area contributed by atoms with E-state index in [-0.39, 0.29) is 40.6 Å². The number of aromatic hydroxyl groups is 1. The third kappa shape index (κ3) is 3.56. The van der Waals surface area contributed by atoms with Crippen LogP contribution in [0.3, 0.4) is 0 Å². The van der Waals surface area contributed by atoms with E-state index in [1.807, 2.05) is 6.07 Å². The van der Waals surface area contributed by atoms with Crippen LogP contribution in [0.2, 0.25) is 0 Å². The minimum absolute atomic E-state index is 0.0530. The van der Waals surface area contributed by atoms with Gasteiger partial charge in [0.2, 0.25) is 5.88 Å². The molecule has 0 aliphatic carbocycles. The quantitative estimate of drug-likeness (QED) is 0.247. The molecule has 1 aromatic heterocycles. The average Bonchev–Trinajstić information content (AvgIpc) is 2.76. The molecule has 0 radical (unpaired) electrons. The fourth-order valence-electron chi connectivity index (χ4n) is 3.33. The number of anilines is 1. The van der Waals surface area contributed by atoms with E-state index in [9.17, 15) is 9.90 Å². The average molecular weight is 405 g/mol. The molecule has 1 aliphatic heterocycles. The number of carbonyl (C=O) groups is 1. The van der Waals surface area contributed by atoms with Crippen LogP contribution < -0.4 is 15.5 Å². The first-order valence-electron chi connectivity index (χ1n) is 8.49. The Morgan fingerprint density at radius 1 is 1.53 bits per heavy atom. The molecule has 1 aromatic carbocycles. The van der Waals surface area contributed by atoms with Crippen LogP contribution in [0.1, 0.15) is 22.6 Å². The van der Waals surface area contributed by atoms with E-state index in [2.05, 4.69) is 31.0 Å². The number of aromatic nitrogens is 1. The molecule has 2 aromatic rings. The maximum Gasteiger partial charge on any atom is 0.271 e. The summed E-state index contributed by atoms with van der Waals surface area (Å²) < 4.78 is 5.37. The van der Waals surface area contributed by atoms with Crippen LogP contribution in [-0.2, 0) is 4.79 Å². The highest BCUT2D eigenvalue weighted by Crippen LogP contribution is 2.47. The molecule has 0 fully saturated rings. The summed E-state index contributed by atoms with van der Waals surface area (Å²) in [6, 6.07) is 7.86. The molecular formula is C18H15N9O3. The van der Waals surface area contributed by atoms with Crippen molar-refractivity contribution in [3.63, 3.8) is 0 Å². The number of methoxy groups -OCH3 is 1. The summed E-state index contributed by atoms with van der Waals surface area (Å²) in [4.78, 5) is 19.8. The smallest absolute Gasteiger partial charge is 0.271 e. The number of hydrogen-bond donors (Lipinski definition) is 4. The van der Waals surface area contributed by atoms with E-state index in [0.29, 0.717) is 11.3 Å². The number of phenols is 1. The molecule has 150 valence electrons. The Balaban J connectivity index is 2.35. The number of benzene rings is 1. The molecule has 0 saturated carbocycles. The predicted molar refractivity (Wildman–Crippen MR) is 103 cm³/mol. The van der Waals surface area contributed by atoms with Crippen LogP contribution in [0.5, 0.6) is 11.6 Å². The highest BCUT2D eigenvalue weighted by Gasteiger charge is 2.37. The maximum atomic E-state index is 12.8. The molecular weight excluding hydrogens is 390 g/mol. The Morgan fingerprint density at radius 3 is 2.97 bits per heavy atom. The zero-order valence-corrected chi connectivity index (χ0v) is 15.6. The zero-order valence-electron chi connectivity index (χ0n) is 15.6. The second-order valence-electron chi connectivity index (χ2n) is 6.06. The zero-order chi connectivity index (χ0) is 21.7. The lowest BCUT2D eigenvalue weighted by Crippen LogP contribution is -2.31. The largest absolute Gasteiger partial charge is 0.508 e. The Kier molecular flexibility index (Phi) is 5.76. The van der Waals surface area contributed by atoms with E-state index >= 15 is 0 Å². The van der Waals surface area contributed by atoms with Gasteiger partial charge in [0.25, 0.3) is 5.91 Å². The molecule has 4 N–H and O–H groups in total. The van der Waals surface area contributed by atoms with E-state index in [0.717, 1.165) is 0 Å². The van der Waals surface area contributed by atoms with E-state index < -0.39 is 11.8 Å². The SMILES string of the molecule is COc1nccc2c1[C@H](c1ccc(C#N)cc1O)C(C(=O)NN=N)=C(CN=[N+]=[N-])N2. The first kappa shape index (κ1) is 20.1. The summed E-state index contributed by atoms with van der Waals surface area (Å²) in [6.07, 6.45) is 1.50. The Morgan fingerprint density at radius 2 is 2.33 bits per heavy atom. The van der Waals surface area contributed by atoms with Gasteiger partial charge in [-0.3, -0.25) is 4.79 Å². The molecule has 0 unspecified atom stereocenters. The number of pyridine rings is 1. The topological polar surface area (TPSA) is 192 Å². The molecule has 0 bridgehead atoms. The second-order valence-corrected chi connectivity index (χ2v) is 6.06. The third-order valence-corrected chi connectivity index (χ3v) is 4.50. The standard InChI is InChI=1S/C18H15N9O3/c1-30-18-16-11(4-5-22-18)24-12(8-23-26-20)15(17(29)25-27-21)14(16)10-3-2-9(7-19)6-13(10)28/h2-6,14,24,28H,8H2,1H3,(H2,21,25,29)/t14-/m1/s1. The summed E-state index contributed by atoms with van der Waals surface area (Å²) in [6.45, 7) is -0.200. The Labute approximate surface area is 169 Å². The van der Waals surface area contributed by atoms with E-state index in [4.69, 9.17) is 21.1 Å². The summed E-state index contributed by atoms with van der Waals surface area (Å²) in [7, 11) is 1.41. The number of fused-ring (bicyclic) bond motifs is 1. The van der Waals surface area contributed by atoms with Gasteiger partial charge < -0.3 is 15.2 Å². The van der Waals surface area contributed by atoms with Gasteiger partial charge in [-0.15, -0.1) is 0 Å². The molecule has 2 heterocycles. The van der Waals surface area contributed by atoms with Gasteiger partial charge in [-0.1, -0.05) is 16.4 Å². The first-order valence-corrected chi connectivity index (χ1v) is 8.49. The summed E-state index contributed by atoms with van der Waals surface area (Å²) in [5.74, 6) is -1.69. The maximum absolute atomic E-state index is 12.8. The highest BCUT2D eigenvalue weighted by molar-refractivity contribution is 5.99. The van der Waals surface area contributed by atoms with Crippen LogP contribution in [-0.4, -0.2) is 29.7 Å². The number of azide groups is 1. The molecule has 1 atom stereocenters. The molecule has 12 nitrogen and oxygen atoms in total. The lowest BCUT2D eigenvalue weighted by atomic mass is 9.80. The van der Waals surface area contributed by atoms with Crippen molar-refractivity contribution in [2.24, 2.45) is 10.3 Å². The molecule has 1 aliphatic rings. The number of rotatable bonds is 6. The minimum atomic E-state index is -0.914. The van der Waals surface area contributed by atoms with Crippen molar-refractivity contribution in [2.75, 3.05) is 19.0 Å². The van der Waals surface area contributed by atoms with Crippen molar-refractivity contribution in [2.45, 2.75) is 5.92 Å². The van der Waals surface area contributed by atoms with Crippen LogP contribution in [0, 0.1) is 16.9 Å². The Bertz CT molecular complexity index is 1150. The van der Waals surface area contributed by atoms with Crippen LogP contribution in [0.4, 0.5) is 5.69 Å². The Hall–Kier alpha value is -4.62. The fraction of sp³-hybridized carbons (Fsp3) is 0.167. The first-order chi connectivity index (χ1) is 14.5. The van der Waals surface area contributed by atoms with Crippen molar-refractivity contribution >= 4 is 11.6 Å². The van der Waals surface area contributed by atoms with Crippen molar-refractivity contribution in [3.8, 4) is 17.7 Å². The summed E-state index contributed by atoms with van der Waals surface area (Å²) >= 11 is 0. The van der Waals surface area contributed by atoms with Crippen molar-refractivity contribution in [1.82, 2.24) is 10.4 Å². The van der Waals surface area contributed by atoms with Crippen LogP contribution >= 0.6 is 0 Å². The lowest BCUT2D eigenvalue weighted by Gasteiger charge is -2.31. The molecule has 3 rings (SSSR count). The van der Waals surface area contributed by atoms with Crippen molar-refractivity contribution < 1.29 is 14.6 Å². The van der Waals surface area contributed by atoms with Crippen molar-refractivity contribution in [3.05, 3.63) is 68.9 Å². The van der Waals surface area contributed by atoms with Crippen LogP contribution in [0.25, 0.3) is 10.4 Å². The van der Waals surface area contributed by atoms with E-state index in [1.165, 1.54) is 31.5 Å². The normalized spacial score (nSPS) is 14.5. The number of hydrogen-bond acceptors (Lipinski definition) is 9. The highest BCUT2D eigenvalue weighted by atomic mass is 16.5. The third-order valence-electron chi connectivity index (χ3n) is 4.50. The molecule has 1 amide bonds. The van der Waals surface area contributed by atoms with Crippen molar-refractivity contribution in [1.29, 1.82) is 10.8 Å². The van der Waals surface area contributed by atoms with Crippen LogP contribution in [0.15, 0.2) is 52.1 Å². The second kappa shape index (κ2) is 8.59. The molecule has 0 spiro atoms. The molecule has 0 saturated heterocycles. The van der Waals surface area contributed by atoms with Gasteiger partial charge in [0, 0.05) is 28.1 Å². The molecule has 30 heavy (non-hydrogen) atoms. The number of ether oxygens (including phenoxy) is 1. The predicted octanol–water partition coefficient (Wildman–Crippen LogP) is 2.85. The fourth-order valence-corrected chi connectivity index (χ4v) is 3.33. The number of phenolic OH excluding ortho intramolecular Hbond substituents is 1. The van der Waals surface area contributed by atoms with Gasteiger partial charge in [0.05, 0.1) is 42.3 Å². The van der Waals surface area contributed by atoms with Gasteiger partial charge >= 0.3 is 0 Å². The number of carbonyl (C=O) groups excluding carboxylic acids is 1. The van der Waals surface area contributed by atoms with Gasteiger partial charge in [-0.05, 0) is 23.7 Å². The monoisotopic (exact) mass is 405 g/mol. The summed E-state index contributed by atoms with van der Waals surface area (Å²) in [5, 5.41) is 29.2. The lowest BCUT2D eigenvalue weighted by molar-refractivity contribution is -0.117. The van der Waals surface area contributed by atoms with Gasteiger partial charge in [-0.25, -0.2) is 10.4 Å². The number of nitrogens with zero attached hydrogens (tertiary/aromatic N) is 6. The van der Waals surface area contributed by atoms with Gasteiger partial charge in [-0.2, -0.15) is 10.8 Å².